The molecule has 0 spiro atoms. The highest BCUT2D eigenvalue weighted by atomic mass is 16.5. The van der Waals surface area contributed by atoms with Crippen LogP contribution in [0.25, 0.3) is 0 Å². The Morgan fingerprint density at radius 2 is 1.96 bits per heavy atom. The van der Waals surface area contributed by atoms with Gasteiger partial charge < -0.3 is 20.1 Å². The molecule has 1 aromatic heterocycles. The van der Waals surface area contributed by atoms with Crippen molar-refractivity contribution in [2.24, 2.45) is 0 Å². The fourth-order valence-corrected chi connectivity index (χ4v) is 2.63. The summed E-state index contributed by atoms with van der Waals surface area (Å²) in [5.74, 6) is 1.51. The fourth-order valence-electron chi connectivity index (χ4n) is 2.63. The molecule has 8 nitrogen and oxygen atoms in total. The van der Waals surface area contributed by atoms with Crippen molar-refractivity contribution in [2.45, 2.75) is 39.2 Å². The summed E-state index contributed by atoms with van der Waals surface area (Å²) in [6.45, 7) is 11.7. The second-order valence-corrected chi connectivity index (χ2v) is 6.86. The first-order valence-electron chi connectivity index (χ1n) is 8.71. The minimum absolute atomic E-state index is 0.115. The summed E-state index contributed by atoms with van der Waals surface area (Å²) >= 11 is 0. The molecule has 1 saturated heterocycles. The van der Waals surface area contributed by atoms with Gasteiger partial charge in [-0.3, -0.25) is 4.90 Å². The van der Waals surface area contributed by atoms with Crippen LogP contribution in [-0.4, -0.2) is 78.3 Å². The molecule has 2 heterocycles. The van der Waals surface area contributed by atoms with Crippen LogP contribution < -0.4 is 10.6 Å². The van der Waals surface area contributed by atoms with E-state index in [2.05, 4.69) is 37.6 Å². The highest BCUT2D eigenvalue weighted by molar-refractivity contribution is 5.74. The van der Waals surface area contributed by atoms with Gasteiger partial charge in [-0.15, -0.1) is 0 Å². The van der Waals surface area contributed by atoms with E-state index in [0.717, 1.165) is 32.7 Å². The lowest BCUT2D eigenvalue weighted by atomic mass is 10.2. The molecule has 1 aromatic rings. The highest BCUT2D eigenvalue weighted by Gasteiger charge is 2.17. The van der Waals surface area contributed by atoms with Gasteiger partial charge in [0.15, 0.2) is 5.82 Å². The molecular weight excluding hydrogens is 308 g/mol. The van der Waals surface area contributed by atoms with Crippen molar-refractivity contribution in [2.75, 3.05) is 46.3 Å². The van der Waals surface area contributed by atoms with Crippen LogP contribution in [0, 0.1) is 0 Å². The number of likely N-dealkylation sites (N-methyl/N-ethyl adjacent to an activating group) is 1. The molecule has 0 unspecified atom stereocenters. The molecular formula is C16H30N6O2. The molecule has 1 fully saturated rings. The summed E-state index contributed by atoms with van der Waals surface area (Å²) in [6.07, 6.45) is 0.542. The van der Waals surface area contributed by atoms with Gasteiger partial charge >= 0.3 is 6.03 Å². The largest absolute Gasteiger partial charge is 0.339 e. The maximum Gasteiger partial charge on any atom is 0.315 e. The van der Waals surface area contributed by atoms with E-state index in [9.17, 15) is 4.79 Å². The smallest absolute Gasteiger partial charge is 0.315 e. The minimum atomic E-state index is -0.153. The summed E-state index contributed by atoms with van der Waals surface area (Å²) in [4.78, 5) is 20.9. The number of carbonyl (C=O) groups excluding carboxylic acids is 1. The maximum atomic E-state index is 11.9. The molecule has 1 aliphatic heterocycles. The summed E-state index contributed by atoms with van der Waals surface area (Å²) in [6, 6.07) is -0.0374. The molecule has 0 saturated carbocycles. The van der Waals surface area contributed by atoms with Crippen LogP contribution in [0.4, 0.5) is 4.79 Å². The Balaban J connectivity index is 1.61. The Morgan fingerprint density at radius 1 is 1.25 bits per heavy atom. The second-order valence-electron chi connectivity index (χ2n) is 6.86. The Kier molecular flexibility index (Phi) is 6.99. The standard InChI is InChI=1S/C16H30N6O2/c1-12(2)15-19-14(24-20-15)5-6-17-16(23)18-13(3)11-22-9-7-21(4)8-10-22/h12-13H,5-11H2,1-4H3,(H2,17,18,23)/t13-/m1/s1. The lowest BCUT2D eigenvalue weighted by molar-refractivity contribution is 0.144. The molecule has 2 N–H and O–H groups in total. The fraction of sp³-hybridized carbons (Fsp3) is 0.812. The molecule has 0 aromatic carbocycles. The van der Waals surface area contributed by atoms with Gasteiger partial charge in [-0.1, -0.05) is 19.0 Å². The van der Waals surface area contributed by atoms with Crippen molar-refractivity contribution in [3.8, 4) is 0 Å². The van der Waals surface area contributed by atoms with Crippen LogP contribution in [0.1, 0.15) is 38.4 Å². The third kappa shape index (κ3) is 6.09. The van der Waals surface area contributed by atoms with E-state index in [1.54, 1.807) is 0 Å². The van der Waals surface area contributed by atoms with Gasteiger partial charge in [0.1, 0.15) is 0 Å². The van der Waals surface area contributed by atoms with E-state index in [-0.39, 0.29) is 18.0 Å². The third-order valence-corrected chi connectivity index (χ3v) is 4.13. The van der Waals surface area contributed by atoms with Crippen LogP contribution in [-0.2, 0) is 6.42 Å². The van der Waals surface area contributed by atoms with E-state index in [4.69, 9.17) is 4.52 Å². The van der Waals surface area contributed by atoms with Crippen LogP contribution >= 0.6 is 0 Å². The van der Waals surface area contributed by atoms with Crippen LogP contribution in [0.2, 0.25) is 0 Å². The molecule has 0 radical (unpaired) electrons. The van der Waals surface area contributed by atoms with Gasteiger partial charge in [0.25, 0.3) is 0 Å². The molecule has 136 valence electrons. The molecule has 24 heavy (non-hydrogen) atoms. The number of hydrogen-bond donors (Lipinski definition) is 2. The van der Waals surface area contributed by atoms with Gasteiger partial charge in [0.05, 0.1) is 0 Å². The van der Waals surface area contributed by atoms with Crippen LogP contribution in [0.5, 0.6) is 0 Å². The lowest BCUT2D eigenvalue weighted by Gasteiger charge is -2.34. The number of carbonyl (C=O) groups is 1. The number of hydrogen-bond acceptors (Lipinski definition) is 6. The maximum absolute atomic E-state index is 11.9. The summed E-state index contributed by atoms with van der Waals surface area (Å²) < 4.78 is 5.15. The van der Waals surface area contributed by atoms with Gasteiger partial charge in [0.2, 0.25) is 5.89 Å². The number of amides is 2. The topological polar surface area (TPSA) is 86.5 Å². The monoisotopic (exact) mass is 338 g/mol. The molecule has 2 amide bonds. The zero-order valence-corrected chi connectivity index (χ0v) is 15.2. The Hall–Kier alpha value is -1.67. The number of nitrogens with one attached hydrogen (secondary N) is 2. The van der Waals surface area contributed by atoms with E-state index >= 15 is 0 Å². The van der Waals surface area contributed by atoms with Crippen molar-refractivity contribution < 1.29 is 9.32 Å². The van der Waals surface area contributed by atoms with Gasteiger partial charge in [0, 0.05) is 57.6 Å². The van der Waals surface area contributed by atoms with Gasteiger partial charge in [-0.05, 0) is 14.0 Å². The Bertz CT molecular complexity index is 510. The van der Waals surface area contributed by atoms with Crippen molar-refractivity contribution in [3.63, 3.8) is 0 Å². The molecule has 8 heteroatoms. The average molecular weight is 338 g/mol. The first kappa shape index (κ1) is 18.7. The number of nitrogens with zero attached hydrogens (tertiary/aromatic N) is 4. The van der Waals surface area contributed by atoms with Crippen molar-refractivity contribution in [1.82, 2.24) is 30.6 Å². The summed E-state index contributed by atoms with van der Waals surface area (Å²) in [7, 11) is 2.14. The van der Waals surface area contributed by atoms with E-state index in [0.29, 0.717) is 24.7 Å². The second kappa shape index (κ2) is 8.98. The van der Waals surface area contributed by atoms with Crippen molar-refractivity contribution >= 4 is 6.03 Å². The normalized spacial score (nSPS) is 17.9. The molecule has 1 aliphatic rings. The summed E-state index contributed by atoms with van der Waals surface area (Å²) in [5.41, 5.74) is 0. The average Bonchev–Trinajstić information content (AvgIpc) is 2.98. The van der Waals surface area contributed by atoms with Gasteiger partial charge in [-0.2, -0.15) is 4.98 Å². The SMILES string of the molecule is CC(C)c1noc(CCNC(=O)N[C@H](C)CN2CCN(C)CC2)n1. The van der Waals surface area contributed by atoms with Crippen molar-refractivity contribution in [3.05, 3.63) is 11.7 Å². The highest BCUT2D eigenvalue weighted by Crippen LogP contribution is 2.09. The predicted molar refractivity (Wildman–Crippen MR) is 92.0 cm³/mol. The molecule has 0 aliphatic carbocycles. The molecule has 1 atom stereocenters. The van der Waals surface area contributed by atoms with Crippen molar-refractivity contribution in [1.29, 1.82) is 0 Å². The number of rotatable bonds is 7. The van der Waals surface area contributed by atoms with Crippen LogP contribution in [0.15, 0.2) is 4.52 Å². The van der Waals surface area contributed by atoms with Gasteiger partial charge in [-0.25, -0.2) is 4.79 Å². The zero-order valence-electron chi connectivity index (χ0n) is 15.2. The zero-order chi connectivity index (χ0) is 17.5. The van der Waals surface area contributed by atoms with E-state index in [1.165, 1.54) is 0 Å². The molecule has 0 bridgehead atoms. The Morgan fingerprint density at radius 3 is 2.58 bits per heavy atom. The van der Waals surface area contributed by atoms with E-state index in [1.807, 2.05) is 20.8 Å². The number of piperazine rings is 1. The first-order valence-corrected chi connectivity index (χ1v) is 8.71. The minimum Gasteiger partial charge on any atom is -0.339 e. The predicted octanol–water partition coefficient (Wildman–Crippen LogP) is 0.671. The Labute approximate surface area is 144 Å². The quantitative estimate of drug-likeness (QED) is 0.760. The summed E-state index contributed by atoms with van der Waals surface area (Å²) in [5, 5.41) is 9.73. The third-order valence-electron chi connectivity index (χ3n) is 4.13. The van der Waals surface area contributed by atoms with Crippen LogP contribution in [0.3, 0.4) is 0 Å². The number of aromatic nitrogens is 2. The number of urea groups is 1. The first-order chi connectivity index (χ1) is 11.4. The molecule has 2 rings (SSSR count). The van der Waals surface area contributed by atoms with E-state index < -0.39 is 0 Å². The lowest BCUT2D eigenvalue weighted by Crippen LogP contribution is -2.51.